The quantitative estimate of drug-likeness (QED) is 0.460. The lowest BCUT2D eigenvalue weighted by Gasteiger charge is -2.12. The van der Waals surface area contributed by atoms with E-state index in [1.807, 2.05) is 0 Å². The average Bonchev–Trinajstić information content (AvgIpc) is 3.14. The van der Waals surface area contributed by atoms with Crippen LogP contribution in [0.2, 0.25) is 0 Å². The summed E-state index contributed by atoms with van der Waals surface area (Å²) in [6.07, 6.45) is 4.87. The van der Waals surface area contributed by atoms with Gasteiger partial charge in [0.05, 0.1) is 30.2 Å². The van der Waals surface area contributed by atoms with Crippen LogP contribution in [0.4, 0.5) is 5.82 Å². The van der Waals surface area contributed by atoms with Crippen LogP contribution >= 0.6 is 0 Å². The first-order valence-corrected chi connectivity index (χ1v) is 9.29. The van der Waals surface area contributed by atoms with E-state index in [0.29, 0.717) is 35.8 Å². The van der Waals surface area contributed by atoms with Crippen LogP contribution in [0.3, 0.4) is 0 Å². The predicted octanol–water partition coefficient (Wildman–Crippen LogP) is -0.116. The molecule has 0 saturated heterocycles. The molecule has 0 spiro atoms. The second-order valence-electron chi connectivity index (χ2n) is 5.33. The lowest BCUT2D eigenvalue weighted by Crippen LogP contribution is -2.15. The summed E-state index contributed by atoms with van der Waals surface area (Å²) in [5.74, 6) is 0.828. The van der Waals surface area contributed by atoms with Gasteiger partial charge in [0.25, 0.3) is 0 Å². The van der Waals surface area contributed by atoms with Crippen molar-refractivity contribution < 1.29 is 18.3 Å². The van der Waals surface area contributed by atoms with E-state index >= 15 is 0 Å². The van der Waals surface area contributed by atoms with Crippen LogP contribution in [0.5, 0.6) is 0 Å². The first kappa shape index (κ1) is 18.2. The van der Waals surface area contributed by atoms with Crippen LogP contribution in [0.25, 0.3) is 16.9 Å². The van der Waals surface area contributed by atoms with Crippen molar-refractivity contribution in [1.82, 2.24) is 19.5 Å². The summed E-state index contributed by atoms with van der Waals surface area (Å²) in [5.41, 5.74) is 0.551. The van der Waals surface area contributed by atoms with Crippen molar-refractivity contribution in [3.8, 4) is 5.95 Å². The number of benzene rings is 1. The zero-order chi connectivity index (χ0) is 18.6. The van der Waals surface area contributed by atoms with Gasteiger partial charge in [0, 0.05) is 24.3 Å². The summed E-state index contributed by atoms with van der Waals surface area (Å²) in [7, 11) is -3.85. The number of nitrogens with two attached hydrogens (primary N) is 1. The largest absolute Gasteiger partial charge is 0.394 e. The Morgan fingerprint density at radius 1 is 1.27 bits per heavy atom. The van der Waals surface area contributed by atoms with Crippen molar-refractivity contribution in [3.63, 3.8) is 0 Å². The van der Waals surface area contributed by atoms with Crippen molar-refractivity contribution >= 4 is 26.7 Å². The third-order valence-electron chi connectivity index (χ3n) is 3.49. The summed E-state index contributed by atoms with van der Waals surface area (Å²) >= 11 is 0. The summed E-state index contributed by atoms with van der Waals surface area (Å²) < 4.78 is 30.1. The van der Waals surface area contributed by atoms with E-state index in [0.717, 1.165) is 0 Å². The Hall–Kier alpha value is -2.60. The zero-order valence-corrected chi connectivity index (χ0v) is 14.6. The third kappa shape index (κ3) is 4.14. The summed E-state index contributed by atoms with van der Waals surface area (Å²) in [6, 6.07) is 4.40. The van der Waals surface area contributed by atoms with Crippen LogP contribution < -0.4 is 10.5 Å². The molecule has 0 aliphatic heterocycles. The highest BCUT2D eigenvalue weighted by Gasteiger charge is 2.14. The maximum Gasteiger partial charge on any atom is 0.238 e. The van der Waals surface area contributed by atoms with Gasteiger partial charge >= 0.3 is 0 Å². The molecule has 3 aromatic rings. The van der Waals surface area contributed by atoms with E-state index in [-0.39, 0.29) is 18.1 Å². The van der Waals surface area contributed by atoms with Gasteiger partial charge in [0.2, 0.25) is 16.0 Å². The summed E-state index contributed by atoms with van der Waals surface area (Å²) in [4.78, 5) is 12.8. The Bertz CT molecular complexity index is 991. The fourth-order valence-corrected chi connectivity index (χ4v) is 2.85. The molecule has 10 nitrogen and oxygen atoms in total. The number of anilines is 1. The lowest BCUT2D eigenvalue weighted by molar-refractivity contribution is 0.0992. The molecule has 0 atom stereocenters. The molecule has 3 rings (SSSR count). The number of aliphatic hydroxyl groups excluding tert-OH is 1. The van der Waals surface area contributed by atoms with Gasteiger partial charge in [-0.2, -0.15) is 4.98 Å². The predicted molar refractivity (Wildman–Crippen MR) is 94.4 cm³/mol. The highest BCUT2D eigenvalue weighted by molar-refractivity contribution is 7.89. The molecule has 138 valence electrons. The second-order valence-corrected chi connectivity index (χ2v) is 6.89. The van der Waals surface area contributed by atoms with E-state index in [9.17, 15) is 8.42 Å². The Morgan fingerprint density at radius 3 is 2.81 bits per heavy atom. The zero-order valence-electron chi connectivity index (χ0n) is 13.7. The standard InChI is InChI=1S/C15H18N6O4S/c16-26(23,24)11-1-2-13-12(9-11)14(18-4-7-25-8-6-22)20-15(19-13)21-5-3-17-10-21/h1-3,5,9-10,22H,4,6-8H2,(H2,16,23,24)(H,18,19,20). The van der Waals surface area contributed by atoms with E-state index in [1.54, 1.807) is 29.4 Å². The molecular formula is C15H18N6O4S. The topological polar surface area (TPSA) is 145 Å². The number of hydrogen-bond donors (Lipinski definition) is 3. The smallest absolute Gasteiger partial charge is 0.238 e. The molecule has 26 heavy (non-hydrogen) atoms. The monoisotopic (exact) mass is 378 g/mol. The highest BCUT2D eigenvalue weighted by atomic mass is 32.2. The first-order valence-electron chi connectivity index (χ1n) is 7.74. The van der Waals surface area contributed by atoms with Gasteiger partial charge < -0.3 is 15.2 Å². The summed E-state index contributed by atoms with van der Waals surface area (Å²) in [6.45, 7) is 0.942. The minimum absolute atomic E-state index is 0.0245. The fourth-order valence-electron chi connectivity index (χ4n) is 2.31. The van der Waals surface area contributed by atoms with Crippen LogP contribution in [0.1, 0.15) is 0 Å². The van der Waals surface area contributed by atoms with Gasteiger partial charge in [-0.1, -0.05) is 0 Å². The second kappa shape index (κ2) is 7.74. The van der Waals surface area contributed by atoms with Gasteiger partial charge in [-0.15, -0.1) is 0 Å². The molecule has 0 aliphatic rings. The molecule has 11 heteroatoms. The summed E-state index contributed by atoms with van der Waals surface area (Å²) in [5, 5.41) is 17.6. The molecule has 0 unspecified atom stereocenters. The Kier molecular flexibility index (Phi) is 5.42. The minimum Gasteiger partial charge on any atom is -0.394 e. The Morgan fingerprint density at radius 2 is 2.12 bits per heavy atom. The molecule has 0 radical (unpaired) electrons. The molecule has 0 saturated carbocycles. The van der Waals surface area contributed by atoms with Gasteiger partial charge in [-0.25, -0.2) is 23.5 Å². The molecule has 2 aromatic heterocycles. The molecule has 1 aromatic carbocycles. The van der Waals surface area contributed by atoms with Gasteiger partial charge in [-0.3, -0.25) is 4.57 Å². The lowest BCUT2D eigenvalue weighted by atomic mass is 10.2. The number of nitrogens with one attached hydrogen (secondary N) is 1. The number of ether oxygens (including phenoxy) is 1. The number of primary sulfonamides is 1. The van der Waals surface area contributed by atoms with Crippen molar-refractivity contribution in [2.75, 3.05) is 31.7 Å². The molecular weight excluding hydrogens is 360 g/mol. The van der Waals surface area contributed by atoms with E-state index in [2.05, 4.69) is 20.3 Å². The fraction of sp³-hybridized carbons (Fsp3) is 0.267. The number of imidazole rings is 1. The van der Waals surface area contributed by atoms with Crippen molar-refractivity contribution in [2.24, 2.45) is 5.14 Å². The molecule has 0 amide bonds. The normalized spacial score (nSPS) is 11.8. The average molecular weight is 378 g/mol. The molecule has 2 heterocycles. The number of fused-ring (bicyclic) bond motifs is 1. The van der Waals surface area contributed by atoms with Gasteiger partial charge in [0.1, 0.15) is 12.1 Å². The number of aliphatic hydroxyl groups is 1. The maximum atomic E-state index is 11.6. The van der Waals surface area contributed by atoms with Crippen LogP contribution in [-0.4, -0.2) is 59.4 Å². The number of aromatic nitrogens is 4. The van der Waals surface area contributed by atoms with Crippen LogP contribution in [-0.2, 0) is 14.8 Å². The van der Waals surface area contributed by atoms with E-state index in [4.69, 9.17) is 15.0 Å². The molecule has 0 aliphatic carbocycles. The highest BCUT2D eigenvalue weighted by Crippen LogP contribution is 2.24. The van der Waals surface area contributed by atoms with Crippen LogP contribution in [0, 0.1) is 0 Å². The maximum absolute atomic E-state index is 11.6. The third-order valence-corrected chi connectivity index (χ3v) is 4.40. The Balaban J connectivity index is 2.00. The van der Waals surface area contributed by atoms with E-state index < -0.39 is 10.0 Å². The number of hydrogen-bond acceptors (Lipinski definition) is 8. The van der Waals surface area contributed by atoms with Crippen molar-refractivity contribution in [3.05, 3.63) is 36.9 Å². The molecule has 0 fully saturated rings. The van der Waals surface area contributed by atoms with Crippen molar-refractivity contribution in [2.45, 2.75) is 4.90 Å². The minimum atomic E-state index is -3.85. The molecule has 4 N–H and O–H groups in total. The molecule has 0 bridgehead atoms. The van der Waals surface area contributed by atoms with Crippen LogP contribution in [0.15, 0.2) is 41.8 Å². The van der Waals surface area contributed by atoms with Gasteiger partial charge in [0.15, 0.2) is 0 Å². The number of sulfonamides is 1. The number of nitrogens with zero attached hydrogens (tertiary/aromatic N) is 4. The SMILES string of the molecule is NS(=O)(=O)c1ccc2nc(-n3ccnc3)nc(NCCOCCO)c2c1. The first-order chi connectivity index (χ1) is 12.5. The Labute approximate surface area is 149 Å². The number of rotatable bonds is 8. The van der Waals surface area contributed by atoms with Gasteiger partial charge in [-0.05, 0) is 18.2 Å². The van der Waals surface area contributed by atoms with Crippen molar-refractivity contribution in [1.29, 1.82) is 0 Å². The van der Waals surface area contributed by atoms with E-state index in [1.165, 1.54) is 12.1 Å².